The van der Waals surface area contributed by atoms with E-state index in [1.54, 1.807) is 11.9 Å². The number of carbonyl (C=O) groups excluding carboxylic acids is 1. The lowest BCUT2D eigenvalue weighted by molar-refractivity contribution is -0.183. The van der Waals surface area contributed by atoms with E-state index >= 15 is 0 Å². The number of allylic oxidation sites excluding steroid dienone is 2. The average Bonchev–Trinajstić information content (AvgIpc) is 3.58. The van der Waals surface area contributed by atoms with Crippen LogP contribution in [-0.4, -0.2) is 32.2 Å². The molecule has 0 bridgehead atoms. The van der Waals surface area contributed by atoms with Gasteiger partial charge in [-0.1, -0.05) is 96.5 Å². The van der Waals surface area contributed by atoms with Gasteiger partial charge in [-0.3, -0.25) is 4.79 Å². The van der Waals surface area contributed by atoms with E-state index in [2.05, 4.69) is 102 Å². The third kappa shape index (κ3) is 4.22. The third-order valence-corrected chi connectivity index (χ3v) is 16.5. The van der Waals surface area contributed by atoms with Gasteiger partial charge in [0.1, 0.15) is 6.33 Å². The molecule has 0 amide bonds. The van der Waals surface area contributed by atoms with Gasteiger partial charge >= 0.3 is 5.97 Å². The van der Waals surface area contributed by atoms with Crippen LogP contribution in [0, 0.1) is 51.2 Å². The molecule has 4 aromatic rings. The maximum absolute atomic E-state index is 14.0. The van der Waals surface area contributed by atoms with Crippen molar-refractivity contribution >= 4 is 22.5 Å². The van der Waals surface area contributed by atoms with Gasteiger partial charge in [-0.2, -0.15) is 14.6 Å². The molecule has 9 atom stereocenters. The van der Waals surface area contributed by atoms with Crippen molar-refractivity contribution in [2.24, 2.45) is 51.2 Å². The molecule has 5 aliphatic carbocycles. The maximum Gasteiger partial charge on any atom is 0.312 e. The molecule has 0 spiro atoms. The monoisotopic (exact) mass is 684 g/mol. The number of ether oxygens (including phenoxy) is 1. The highest BCUT2D eigenvalue weighted by molar-refractivity contribution is 5.87. The number of rotatable bonds is 3. The number of fused-ring (bicyclic) bond motifs is 10. The first-order valence-corrected chi connectivity index (χ1v) is 19.9. The molecule has 9 rings (SSSR count). The summed E-state index contributed by atoms with van der Waals surface area (Å²) in [6, 6.07) is 15.5. The fourth-order valence-electron chi connectivity index (χ4n) is 13.7. The lowest BCUT2D eigenvalue weighted by Gasteiger charge is -2.71. The summed E-state index contributed by atoms with van der Waals surface area (Å²) in [6.45, 7) is 20.1. The van der Waals surface area contributed by atoms with Crippen molar-refractivity contribution in [2.45, 2.75) is 112 Å². The second-order valence-corrected chi connectivity index (χ2v) is 18.7. The van der Waals surface area contributed by atoms with Crippen molar-refractivity contribution in [3.8, 4) is 11.3 Å². The second kappa shape index (κ2) is 11.0. The molecule has 51 heavy (non-hydrogen) atoms. The van der Waals surface area contributed by atoms with Crippen molar-refractivity contribution in [2.75, 3.05) is 6.61 Å². The van der Waals surface area contributed by atoms with Crippen molar-refractivity contribution in [1.82, 2.24) is 19.6 Å². The van der Waals surface area contributed by atoms with E-state index < -0.39 is 0 Å². The summed E-state index contributed by atoms with van der Waals surface area (Å²) >= 11 is 0. The fourth-order valence-corrected chi connectivity index (χ4v) is 13.7. The van der Waals surface area contributed by atoms with E-state index in [9.17, 15) is 4.79 Å². The van der Waals surface area contributed by atoms with Gasteiger partial charge in [-0.25, -0.2) is 4.98 Å². The van der Waals surface area contributed by atoms with Gasteiger partial charge in [0, 0.05) is 16.5 Å². The van der Waals surface area contributed by atoms with Crippen LogP contribution in [0.3, 0.4) is 0 Å². The number of hydrogen-bond acceptors (Lipinski definition) is 5. The number of carbonyl (C=O) groups is 1. The van der Waals surface area contributed by atoms with E-state index in [1.807, 2.05) is 11.4 Å². The van der Waals surface area contributed by atoms with E-state index in [0.717, 1.165) is 44.2 Å². The zero-order valence-corrected chi connectivity index (χ0v) is 32.1. The second-order valence-electron chi connectivity index (χ2n) is 18.7. The van der Waals surface area contributed by atoms with Crippen LogP contribution in [0.15, 0.2) is 60.4 Å². The van der Waals surface area contributed by atoms with Crippen LogP contribution >= 0.6 is 0 Å². The molecule has 0 N–H and O–H groups in total. The number of hydrogen-bond donors (Lipinski definition) is 0. The number of benzene rings is 2. The lowest BCUT2D eigenvalue weighted by atomic mass is 9.33. The van der Waals surface area contributed by atoms with Crippen molar-refractivity contribution < 1.29 is 9.53 Å². The largest absolute Gasteiger partial charge is 0.466 e. The van der Waals surface area contributed by atoms with Gasteiger partial charge in [-0.15, -0.1) is 0 Å². The standard InChI is InChI=1S/C45H56N4O2/c1-9-51-39(50)45-21-18-27(2)28(3)36(45)33-16-17-35-42(6)25-32-37(31-15-14-29-12-10-11-13-30(29)24-31)49-40(46-26-47-49)48-38(32)41(4,5)34(42)19-20-44(35,8)43(33,7)22-23-45/h10-16,24,26-28,34-36H,9,17-23,25H2,1-8H3/t27-,28+,34?,35?,36?,42+,43-,44-,45+/m1/s1. The Morgan fingerprint density at radius 1 is 0.941 bits per heavy atom. The Balaban J connectivity index is 1.20. The van der Waals surface area contributed by atoms with Crippen LogP contribution in [0.5, 0.6) is 0 Å². The van der Waals surface area contributed by atoms with Crippen LogP contribution in [0.4, 0.5) is 0 Å². The molecule has 0 radical (unpaired) electrons. The zero-order chi connectivity index (χ0) is 35.7. The predicted octanol–water partition coefficient (Wildman–Crippen LogP) is 10.2. The molecular weight excluding hydrogens is 629 g/mol. The SMILES string of the molecule is CCOC(=O)[C@]12CC[C@@H](C)[C@H](C)C1C1=CCC3[C@@]4(C)Cc5c(nc6ncnn6c5-c5ccc6ccccc6c5)C(C)(C)C4CC[C@@]3(C)[C@]1(C)CC2. The van der Waals surface area contributed by atoms with Crippen molar-refractivity contribution in [3.05, 3.63) is 71.7 Å². The van der Waals surface area contributed by atoms with Crippen molar-refractivity contribution in [3.63, 3.8) is 0 Å². The summed E-state index contributed by atoms with van der Waals surface area (Å²) < 4.78 is 7.93. The van der Waals surface area contributed by atoms with Crippen LogP contribution < -0.4 is 0 Å². The topological polar surface area (TPSA) is 69.4 Å². The summed E-state index contributed by atoms with van der Waals surface area (Å²) in [4.78, 5) is 24.0. The Labute approximate surface area is 303 Å². The molecule has 6 heteroatoms. The van der Waals surface area contributed by atoms with E-state index in [1.165, 1.54) is 40.4 Å². The Morgan fingerprint density at radius 2 is 1.73 bits per heavy atom. The summed E-state index contributed by atoms with van der Waals surface area (Å²) in [5.74, 6) is 3.08. The summed E-state index contributed by atoms with van der Waals surface area (Å²) in [5.41, 5.74) is 6.17. The van der Waals surface area contributed by atoms with Gasteiger partial charge < -0.3 is 4.74 Å². The highest BCUT2D eigenvalue weighted by Crippen LogP contribution is 2.75. The van der Waals surface area contributed by atoms with Crippen LogP contribution in [-0.2, 0) is 21.4 Å². The van der Waals surface area contributed by atoms with Crippen LogP contribution in [0.2, 0.25) is 0 Å². The highest BCUT2D eigenvalue weighted by Gasteiger charge is 2.69. The van der Waals surface area contributed by atoms with Crippen LogP contribution in [0.1, 0.15) is 112 Å². The minimum atomic E-state index is -0.382. The number of aromatic nitrogens is 4. The quantitative estimate of drug-likeness (QED) is 0.159. The number of esters is 1. The highest BCUT2D eigenvalue weighted by atomic mass is 16.5. The Bertz CT molecular complexity index is 2110. The lowest BCUT2D eigenvalue weighted by Crippen LogP contribution is -2.65. The van der Waals surface area contributed by atoms with Gasteiger partial charge in [0.25, 0.3) is 5.78 Å². The first-order valence-electron chi connectivity index (χ1n) is 19.9. The van der Waals surface area contributed by atoms with Gasteiger partial charge in [0.15, 0.2) is 0 Å². The molecule has 2 aromatic heterocycles. The average molecular weight is 685 g/mol. The Hall–Kier alpha value is -3.54. The summed E-state index contributed by atoms with van der Waals surface area (Å²) in [5, 5.41) is 7.28. The maximum atomic E-state index is 14.0. The van der Waals surface area contributed by atoms with Crippen molar-refractivity contribution in [1.29, 1.82) is 0 Å². The molecule has 2 heterocycles. The van der Waals surface area contributed by atoms with E-state index in [-0.39, 0.29) is 39.0 Å². The predicted molar refractivity (Wildman–Crippen MR) is 203 cm³/mol. The third-order valence-electron chi connectivity index (χ3n) is 16.5. The molecular formula is C45H56N4O2. The molecule has 3 unspecified atom stereocenters. The smallest absolute Gasteiger partial charge is 0.312 e. The molecule has 3 saturated carbocycles. The molecule has 5 aliphatic rings. The Morgan fingerprint density at radius 3 is 2.51 bits per heavy atom. The summed E-state index contributed by atoms with van der Waals surface area (Å²) in [6.07, 6.45) is 12.9. The van der Waals surface area contributed by atoms with E-state index in [0.29, 0.717) is 36.1 Å². The minimum Gasteiger partial charge on any atom is -0.466 e. The van der Waals surface area contributed by atoms with Gasteiger partial charge in [0.2, 0.25) is 0 Å². The van der Waals surface area contributed by atoms with Gasteiger partial charge in [0.05, 0.1) is 23.4 Å². The first kappa shape index (κ1) is 33.3. The molecule has 268 valence electrons. The molecule has 0 aliphatic heterocycles. The molecule has 6 nitrogen and oxygen atoms in total. The number of nitrogens with zero attached hydrogens (tertiary/aromatic N) is 4. The fraction of sp³-hybridized carbons (Fsp3) is 0.600. The summed E-state index contributed by atoms with van der Waals surface area (Å²) in [7, 11) is 0. The molecule has 0 saturated heterocycles. The normalized spacial score (nSPS) is 38.1. The zero-order valence-electron chi connectivity index (χ0n) is 32.1. The van der Waals surface area contributed by atoms with Gasteiger partial charge in [-0.05, 0) is 121 Å². The molecule has 2 aromatic carbocycles. The first-order chi connectivity index (χ1) is 24.3. The van der Waals surface area contributed by atoms with E-state index in [4.69, 9.17) is 14.8 Å². The Kier molecular flexibility index (Phi) is 7.18. The minimum absolute atomic E-state index is 0.0373. The molecule has 3 fully saturated rings. The van der Waals surface area contributed by atoms with Crippen LogP contribution in [0.25, 0.3) is 27.8 Å².